The maximum atomic E-state index is 12.3. The molecule has 2 aromatic rings. The van der Waals surface area contributed by atoms with Gasteiger partial charge in [-0.05, 0) is 12.0 Å². The summed E-state index contributed by atoms with van der Waals surface area (Å²) >= 11 is 0. The van der Waals surface area contributed by atoms with E-state index >= 15 is 0 Å². The maximum absolute atomic E-state index is 12.3. The predicted molar refractivity (Wildman–Crippen MR) is 91.8 cm³/mol. The Kier molecular flexibility index (Phi) is 4.83. The van der Waals surface area contributed by atoms with Gasteiger partial charge in [0.2, 0.25) is 5.91 Å². The fourth-order valence-corrected chi connectivity index (χ4v) is 2.85. The van der Waals surface area contributed by atoms with E-state index in [0.29, 0.717) is 17.8 Å². The zero-order valence-electron chi connectivity index (χ0n) is 13.8. The van der Waals surface area contributed by atoms with Gasteiger partial charge in [-0.3, -0.25) is 14.4 Å². The quantitative estimate of drug-likeness (QED) is 0.738. The van der Waals surface area contributed by atoms with Crippen molar-refractivity contribution in [3.05, 3.63) is 53.3 Å². The molecule has 8 heteroatoms. The monoisotopic (exact) mass is 355 g/mol. The van der Waals surface area contributed by atoms with E-state index in [1.54, 1.807) is 0 Å². The summed E-state index contributed by atoms with van der Waals surface area (Å²) in [4.78, 5) is 40.4. The second-order valence-electron chi connectivity index (χ2n) is 5.86. The van der Waals surface area contributed by atoms with Crippen molar-refractivity contribution in [3.63, 3.8) is 0 Å². The highest BCUT2D eigenvalue weighted by molar-refractivity contribution is 6.00. The number of fused-ring (bicyclic) bond motifs is 1. The number of hydrogen-bond donors (Lipinski definition) is 3. The normalized spacial score (nSPS) is 13.2. The molecule has 0 fully saturated rings. The van der Waals surface area contributed by atoms with Gasteiger partial charge in [-0.2, -0.15) is 0 Å². The molecule has 3 N–H and O–H groups in total. The van der Waals surface area contributed by atoms with Crippen LogP contribution in [-0.2, 0) is 22.6 Å². The van der Waals surface area contributed by atoms with E-state index in [9.17, 15) is 19.5 Å². The molecule has 134 valence electrons. The average Bonchev–Trinajstić information content (AvgIpc) is 2.63. The largest absolute Gasteiger partial charge is 0.505 e. The summed E-state index contributed by atoms with van der Waals surface area (Å²) in [7, 11) is 0. The maximum Gasteiger partial charge on any atom is 0.322 e. The van der Waals surface area contributed by atoms with Gasteiger partial charge in [0.15, 0.2) is 11.4 Å². The van der Waals surface area contributed by atoms with Gasteiger partial charge in [-0.25, -0.2) is 4.98 Å². The fourth-order valence-electron chi connectivity index (χ4n) is 2.85. The minimum Gasteiger partial charge on any atom is -0.505 e. The van der Waals surface area contributed by atoms with Crippen LogP contribution >= 0.6 is 0 Å². The molecule has 1 aromatic heterocycles. The first-order valence-corrected chi connectivity index (χ1v) is 8.02. The highest BCUT2D eigenvalue weighted by Crippen LogP contribution is 2.36. The van der Waals surface area contributed by atoms with E-state index in [1.807, 2.05) is 30.3 Å². The van der Waals surface area contributed by atoms with Crippen LogP contribution in [0.3, 0.4) is 0 Å². The van der Waals surface area contributed by atoms with Crippen LogP contribution in [0.2, 0.25) is 0 Å². The Labute approximate surface area is 149 Å². The third kappa shape index (κ3) is 3.49. The van der Waals surface area contributed by atoms with Gasteiger partial charge < -0.3 is 20.4 Å². The number of aromatic nitrogens is 1. The second kappa shape index (κ2) is 7.22. The van der Waals surface area contributed by atoms with Crippen LogP contribution in [0.4, 0.5) is 5.69 Å². The molecule has 0 radical (unpaired) electrons. The second-order valence-corrected chi connectivity index (χ2v) is 5.86. The summed E-state index contributed by atoms with van der Waals surface area (Å²) in [6.07, 6.45) is 1.85. The van der Waals surface area contributed by atoms with Gasteiger partial charge in [-0.1, -0.05) is 30.3 Å². The van der Waals surface area contributed by atoms with Gasteiger partial charge in [0.25, 0.3) is 5.91 Å². The van der Waals surface area contributed by atoms with Crippen molar-refractivity contribution in [3.8, 4) is 5.75 Å². The summed E-state index contributed by atoms with van der Waals surface area (Å²) in [6, 6.07) is 9.41. The van der Waals surface area contributed by atoms with Crippen molar-refractivity contribution >= 4 is 23.5 Å². The molecule has 3 rings (SSSR count). The van der Waals surface area contributed by atoms with Crippen molar-refractivity contribution in [2.75, 3.05) is 11.4 Å². The standard InChI is InChI=1S/C18H17N3O5/c22-14-7-6-12-13(21(14)10-11-4-2-1-3-5-11)8-19-16(17(12)25)18(26)20-9-15(23)24/h1-5,8,25H,6-7,9-10H2,(H,20,26)(H,23,24). The summed E-state index contributed by atoms with van der Waals surface area (Å²) < 4.78 is 0. The van der Waals surface area contributed by atoms with Crippen LogP contribution in [0.1, 0.15) is 28.0 Å². The number of pyridine rings is 1. The van der Waals surface area contributed by atoms with E-state index in [2.05, 4.69) is 10.3 Å². The lowest BCUT2D eigenvalue weighted by Crippen LogP contribution is -2.35. The lowest BCUT2D eigenvalue weighted by atomic mass is 9.99. The molecule has 0 atom stereocenters. The average molecular weight is 355 g/mol. The summed E-state index contributed by atoms with van der Waals surface area (Å²) in [5, 5.41) is 21.2. The van der Waals surface area contributed by atoms with E-state index in [1.165, 1.54) is 11.1 Å². The van der Waals surface area contributed by atoms with Crippen molar-refractivity contribution in [2.45, 2.75) is 19.4 Å². The molecule has 0 aliphatic carbocycles. The number of carbonyl (C=O) groups is 3. The van der Waals surface area contributed by atoms with Crippen LogP contribution in [-0.4, -0.2) is 39.5 Å². The van der Waals surface area contributed by atoms with Crippen LogP contribution in [0.25, 0.3) is 0 Å². The third-order valence-electron chi connectivity index (χ3n) is 4.11. The molecule has 1 aliphatic heterocycles. The Bertz CT molecular complexity index is 867. The van der Waals surface area contributed by atoms with Crippen LogP contribution in [0, 0.1) is 0 Å². The molecule has 0 saturated carbocycles. The summed E-state index contributed by atoms with van der Waals surface area (Å²) in [6.45, 7) is -0.242. The number of aliphatic carboxylic acids is 1. The summed E-state index contributed by atoms with van der Waals surface area (Å²) in [5.74, 6) is -2.39. The first-order chi connectivity index (χ1) is 12.5. The molecule has 2 heterocycles. The number of carbonyl (C=O) groups excluding carboxylic acids is 2. The van der Waals surface area contributed by atoms with Gasteiger partial charge in [0.05, 0.1) is 18.4 Å². The highest BCUT2D eigenvalue weighted by atomic mass is 16.4. The Morgan fingerprint density at radius 2 is 1.92 bits per heavy atom. The number of carboxylic acid groups (broad SMARTS) is 1. The van der Waals surface area contributed by atoms with E-state index in [4.69, 9.17) is 5.11 Å². The van der Waals surface area contributed by atoms with Crippen LogP contribution in [0.15, 0.2) is 36.5 Å². The minimum absolute atomic E-state index is 0.0920. The minimum atomic E-state index is -1.20. The van der Waals surface area contributed by atoms with E-state index in [-0.39, 0.29) is 30.2 Å². The number of anilines is 1. The molecule has 1 aliphatic rings. The number of hydrogen-bond acceptors (Lipinski definition) is 5. The molecular formula is C18H17N3O5. The van der Waals surface area contributed by atoms with E-state index in [0.717, 1.165) is 5.56 Å². The number of aromatic hydroxyl groups is 1. The highest BCUT2D eigenvalue weighted by Gasteiger charge is 2.29. The molecule has 0 bridgehead atoms. The van der Waals surface area contributed by atoms with Gasteiger partial charge in [-0.15, -0.1) is 0 Å². The molecule has 1 aromatic carbocycles. The SMILES string of the molecule is O=C(O)CNC(=O)c1ncc2c(c1O)CCC(=O)N2Cc1ccccc1. The zero-order chi connectivity index (χ0) is 18.7. The number of benzene rings is 1. The predicted octanol–water partition coefficient (Wildman–Crippen LogP) is 1.08. The number of nitrogens with one attached hydrogen (secondary N) is 1. The smallest absolute Gasteiger partial charge is 0.322 e. The van der Waals surface area contributed by atoms with Crippen molar-refractivity contribution in [1.82, 2.24) is 10.3 Å². The molecule has 0 unspecified atom stereocenters. The number of rotatable bonds is 5. The Balaban J connectivity index is 1.91. The lowest BCUT2D eigenvalue weighted by Gasteiger charge is -2.30. The fraction of sp³-hybridized carbons (Fsp3) is 0.222. The van der Waals surface area contributed by atoms with Gasteiger partial charge >= 0.3 is 5.97 Å². The molecule has 0 saturated heterocycles. The Hall–Kier alpha value is -3.42. The van der Waals surface area contributed by atoms with Crippen LogP contribution in [0.5, 0.6) is 5.75 Å². The Morgan fingerprint density at radius 3 is 2.62 bits per heavy atom. The number of amides is 2. The van der Waals surface area contributed by atoms with Crippen LogP contribution < -0.4 is 10.2 Å². The van der Waals surface area contributed by atoms with Crippen molar-refractivity contribution < 1.29 is 24.6 Å². The first kappa shape index (κ1) is 17.4. The number of nitrogens with zero attached hydrogens (tertiary/aromatic N) is 2. The van der Waals surface area contributed by atoms with Crippen molar-refractivity contribution in [1.29, 1.82) is 0 Å². The topological polar surface area (TPSA) is 120 Å². The summed E-state index contributed by atoms with van der Waals surface area (Å²) in [5.41, 5.74) is 1.59. The zero-order valence-corrected chi connectivity index (χ0v) is 13.8. The molecule has 8 nitrogen and oxygen atoms in total. The molecular weight excluding hydrogens is 338 g/mol. The molecule has 0 spiro atoms. The molecule has 2 amide bonds. The number of carboxylic acids is 1. The lowest BCUT2D eigenvalue weighted by molar-refractivity contribution is -0.135. The Morgan fingerprint density at radius 1 is 1.19 bits per heavy atom. The van der Waals surface area contributed by atoms with Gasteiger partial charge in [0.1, 0.15) is 6.54 Å². The molecule has 26 heavy (non-hydrogen) atoms. The van der Waals surface area contributed by atoms with Gasteiger partial charge in [0, 0.05) is 12.0 Å². The third-order valence-corrected chi connectivity index (χ3v) is 4.11. The first-order valence-electron chi connectivity index (χ1n) is 8.02. The van der Waals surface area contributed by atoms with E-state index < -0.39 is 18.4 Å². The van der Waals surface area contributed by atoms with Crippen molar-refractivity contribution in [2.24, 2.45) is 0 Å².